The maximum absolute atomic E-state index is 13.3. The third-order valence-electron chi connectivity index (χ3n) is 2.65. The number of unbranched alkanes of at least 4 members (excludes halogenated alkanes) is 2. The molecule has 3 N–H and O–H groups in total. The number of aryl methyl sites for hydroxylation is 1. The second kappa shape index (κ2) is 7.48. The highest BCUT2D eigenvalue weighted by atomic mass is 79.9. The Kier molecular flexibility index (Phi) is 6.29. The van der Waals surface area contributed by atoms with E-state index < -0.39 is 0 Å². The normalized spacial score (nSPS) is 10.4. The molecule has 1 rings (SSSR count). The Morgan fingerprint density at radius 3 is 2.78 bits per heavy atom. The first-order chi connectivity index (χ1) is 8.54. The van der Waals surface area contributed by atoms with Gasteiger partial charge in [-0.15, -0.1) is 0 Å². The Morgan fingerprint density at radius 2 is 2.11 bits per heavy atom. The second-order valence-electron chi connectivity index (χ2n) is 4.23. The highest BCUT2D eigenvalue weighted by molar-refractivity contribution is 9.10. The van der Waals surface area contributed by atoms with E-state index in [1.807, 2.05) is 6.92 Å². The van der Waals surface area contributed by atoms with E-state index in [2.05, 4.69) is 21.2 Å². The zero-order valence-electron chi connectivity index (χ0n) is 10.4. The minimum Gasteiger partial charge on any atom is -0.330 e. The van der Waals surface area contributed by atoms with Crippen molar-refractivity contribution in [3.05, 3.63) is 28.0 Å². The third kappa shape index (κ3) is 4.74. The third-order valence-corrected chi connectivity index (χ3v) is 3.26. The molecule has 100 valence electrons. The molecule has 0 spiro atoms. The number of hydrogen-bond donors (Lipinski definition) is 2. The van der Waals surface area contributed by atoms with Crippen LogP contribution in [0.25, 0.3) is 0 Å². The Bertz CT molecular complexity index is 424. The minimum absolute atomic E-state index is 0.0863. The molecule has 0 fully saturated rings. The van der Waals surface area contributed by atoms with Crippen LogP contribution in [-0.4, -0.2) is 12.5 Å². The van der Waals surface area contributed by atoms with Crippen LogP contribution in [0.4, 0.5) is 10.1 Å². The van der Waals surface area contributed by atoms with E-state index in [0.29, 0.717) is 23.1 Å². The first-order valence-corrected chi connectivity index (χ1v) is 6.79. The van der Waals surface area contributed by atoms with Crippen molar-refractivity contribution in [2.75, 3.05) is 11.9 Å². The highest BCUT2D eigenvalue weighted by Crippen LogP contribution is 2.24. The van der Waals surface area contributed by atoms with Gasteiger partial charge in [-0.3, -0.25) is 4.79 Å². The summed E-state index contributed by atoms with van der Waals surface area (Å²) in [5.41, 5.74) is 6.73. The molecule has 3 nitrogen and oxygen atoms in total. The fraction of sp³-hybridized carbons (Fsp3) is 0.462. The summed E-state index contributed by atoms with van der Waals surface area (Å²) in [6, 6.07) is 2.98. The zero-order valence-corrected chi connectivity index (χ0v) is 12.0. The standard InChI is InChI=1S/C13H18BrFN2O/c1-9-7-10(14)11(15)8-12(9)17-13(18)5-3-2-4-6-16/h7-8H,2-6,16H2,1H3,(H,17,18). The van der Waals surface area contributed by atoms with Crippen LogP contribution in [-0.2, 0) is 4.79 Å². The van der Waals surface area contributed by atoms with Crippen molar-refractivity contribution >= 4 is 27.5 Å². The summed E-state index contributed by atoms with van der Waals surface area (Å²) in [5.74, 6) is -0.462. The first kappa shape index (κ1) is 15.1. The minimum atomic E-state index is -0.376. The number of halogens is 2. The van der Waals surface area contributed by atoms with Crippen molar-refractivity contribution in [1.82, 2.24) is 0 Å². The van der Waals surface area contributed by atoms with Gasteiger partial charge >= 0.3 is 0 Å². The maximum atomic E-state index is 13.3. The van der Waals surface area contributed by atoms with Gasteiger partial charge in [0.2, 0.25) is 5.91 Å². The van der Waals surface area contributed by atoms with Crippen LogP contribution < -0.4 is 11.1 Å². The number of anilines is 1. The molecule has 18 heavy (non-hydrogen) atoms. The van der Waals surface area contributed by atoms with Gasteiger partial charge in [0, 0.05) is 12.1 Å². The van der Waals surface area contributed by atoms with Crippen LogP contribution in [0, 0.1) is 12.7 Å². The number of hydrogen-bond acceptors (Lipinski definition) is 2. The van der Waals surface area contributed by atoms with E-state index in [9.17, 15) is 9.18 Å². The van der Waals surface area contributed by atoms with E-state index in [0.717, 1.165) is 24.8 Å². The lowest BCUT2D eigenvalue weighted by Gasteiger charge is -2.09. The molecule has 0 bridgehead atoms. The quantitative estimate of drug-likeness (QED) is 0.791. The molecule has 0 unspecified atom stereocenters. The van der Waals surface area contributed by atoms with Crippen molar-refractivity contribution in [2.45, 2.75) is 32.6 Å². The van der Waals surface area contributed by atoms with E-state index in [1.165, 1.54) is 6.07 Å². The van der Waals surface area contributed by atoms with Gasteiger partial charge in [0.05, 0.1) is 4.47 Å². The molecule has 0 saturated heterocycles. The number of nitrogens with two attached hydrogens (primary N) is 1. The fourth-order valence-corrected chi connectivity index (χ4v) is 2.06. The Balaban J connectivity index is 2.51. The zero-order chi connectivity index (χ0) is 13.5. The van der Waals surface area contributed by atoms with Gasteiger partial charge in [-0.05, 0) is 59.9 Å². The predicted molar refractivity (Wildman–Crippen MR) is 75.0 cm³/mol. The molecule has 1 aromatic carbocycles. The second-order valence-corrected chi connectivity index (χ2v) is 5.08. The molecule has 0 radical (unpaired) electrons. The van der Waals surface area contributed by atoms with E-state index >= 15 is 0 Å². The molecule has 0 atom stereocenters. The van der Waals surface area contributed by atoms with E-state index in [-0.39, 0.29) is 11.7 Å². The molecule has 0 aliphatic carbocycles. The summed E-state index contributed by atoms with van der Waals surface area (Å²) in [6.45, 7) is 2.48. The first-order valence-electron chi connectivity index (χ1n) is 6.00. The average Bonchev–Trinajstić information content (AvgIpc) is 2.32. The Labute approximate surface area is 115 Å². The predicted octanol–water partition coefficient (Wildman–Crippen LogP) is 3.35. The highest BCUT2D eigenvalue weighted by Gasteiger charge is 2.08. The summed E-state index contributed by atoms with van der Waals surface area (Å²) >= 11 is 3.11. The van der Waals surface area contributed by atoms with E-state index in [1.54, 1.807) is 6.07 Å². The molecule has 0 heterocycles. The maximum Gasteiger partial charge on any atom is 0.224 e. The SMILES string of the molecule is Cc1cc(Br)c(F)cc1NC(=O)CCCCCN. The number of benzene rings is 1. The molecule has 0 saturated carbocycles. The monoisotopic (exact) mass is 316 g/mol. The lowest BCUT2D eigenvalue weighted by molar-refractivity contribution is -0.116. The summed E-state index contributed by atoms with van der Waals surface area (Å²) in [7, 11) is 0. The summed E-state index contributed by atoms with van der Waals surface area (Å²) in [4.78, 5) is 11.6. The van der Waals surface area contributed by atoms with Crippen LogP contribution in [0.3, 0.4) is 0 Å². The number of rotatable bonds is 6. The summed E-state index contributed by atoms with van der Waals surface area (Å²) in [5, 5.41) is 2.72. The molecule has 1 amide bonds. The molecule has 1 aromatic rings. The van der Waals surface area contributed by atoms with E-state index in [4.69, 9.17) is 5.73 Å². The van der Waals surface area contributed by atoms with Gasteiger partial charge < -0.3 is 11.1 Å². The van der Waals surface area contributed by atoms with Gasteiger partial charge in [-0.1, -0.05) is 6.42 Å². The molecule has 0 aromatic heterocycles. The lowest BCUT2D eigenvalue weighted by atomic mass is 10.1. The van der Waals surface area contributed by atoms with Crippen molar-refractivity contribution in [3.8, 4) is 0 Å². The molecular weight excluding hydrogens is 299 g/mol. The molecule has 0 aliphatic rings. The van der Waals surface area contributed by atoms with Crippen LogP contribution in [0.1, 0.15) is 31.2 Å². The van der Waals surface area contributed by atoms with Crippen LogP contribution in [0.2, 0.25) is 0 Å². The Hall–Kier alpha value is -0.940. The van der Waals surface area contributed by atoms with Gasteiger partial charge in [0.25, 0.3) is 0 Å². The smallest absolute Gasteiger partial charge is 0.224 e. The van der Waals surface area contributed by atoms with Gasteiger partial charge in [0.1, 0.15) is 5.82 Å². The number of nitrogens with one attached hydrogen (secondary N) is 1. The van der Waals surface area contributed by atoms with Crippen molar-refractivity contribution < 1.29 is 9.18 Å². The van der Waals surface area contributed by atoms with Crippen molar-refractivity contribution in [3.63, 3.8) is 0 Å². The van der Waals surface area contributed by atoms with Crippen LogP contribution >= 0.6 is 15.9 Å². The molecule has 0 aliphatic heterocycles. The number of carbonyl (C=O) groups is 1. The van der Waals surface area contributed by atoms with Gasteiger partial charge in [-0.2, -0.15) is 0 Å². The van der Waals surface area contributed by atoms with Crippen LogP contribution in [0.15, 0.2) is 16.6 Å². The van der Waals surface area contributed by atoms with Crippen molar-refractivity contribution in [2.24, 2.45) is 5.73 Å². The number of carbonyl (C=O) groups excluding carboxylic acids is 1. The van der Waals surface area contributed by atoms with Gasteiger partial charge in [0.15, 0.2) is 0 Å². The van der Waals surface area contributed by atoms with Gasteiger partial charge in [-0.25, -0.2) is 4.39 Å². The van der Waals surface area contributed by atoms with Crippen LogP contribution in [0.5, 0.6) is 0 Å². The largest absolute Gasteiger partial charge is 0.330 e. The topological polar surface area (TPSA) is 55.1 Å². The summed E-state index contributed by atoms with van der Waals surface area (Å²) in [6.07, 6.45) is 3.12. The molecule has 5 heteroatoms. The number of amides is 1. The fourth-order valence-electron chi connectivity index (χ4n) is 1.60. The summed E-state index contributed by atoms with van der Waals surface area (Å²) < 4.78 is 13.8. The molecular formula is C13H18BrFN2O. The average molecular weight is 317 g/mol. The van der Waals surface area contributed by atoms with Crippen molar-refractivity contribution in [1.29, 1.82) is 0 Å². The Morgan fingerprint density at radius 1 is 1.39 bits per heavy atom. The lowest BCUT2D eigenvalue weighted by Crippen LogP contribution is -2.12.